The number of ether oxygens (including phenoxy) is 1. The van der Waals surface area contributed by atoms with Crippen LogP contribution < -0.4 is 5.73 Å². The smallest absolute Gasteiger partial charge is 0.355 e. The number of benzene rings is 1. The van der Waals surface area contributed by atoms with Crippen LogP contribution in [0.5, 0.6) is 0 Å². The maximum absolute atomic E-state index is 12.1. The highest BCUT2D eigenvalue weighted by atomic mass is 32.2. The van der Waals surface area contributed by atoms with Gasteiger partial charge in [-0.15, -0.1) is 5.39 Å². The fourth-order valence-electron chi connectivity index (χ4n) is 2.32. The van der Waals surface area contributed by atoms with Crippen LogP contribution in [-0.4, -0.2) is 63.8 Å². The van der Waals surface area contributed by atoms with Crippen molar-refractivity contribution in [1.82, 2.24) is 10.5 Å². The highest BCUT2D eigenvalue weighted by molar-refractivity contribution is 7.98. The number of hydroxylamine groups is 2. The summed E-state index contributed by atoms with van der Waals surface area (Å²) in [6.45, 7) is 1.79. The lowest BCUT2D eigenvalue weighted by atomic mass is 10.1. The van der Waals surface area contributed by atoms with Gasteiger partial charge in [0.25, 0.3) is 0 Å². The molecule has 27 heavy (non-hydrogen) atoms. The van der Waals surface area contributed by atoms with E-state index < -0.39 is 17.1 Å². The zero-order valence-corrected chi connectivity index (χ0v) is 16.4. The van der Waals surface area contributed by atoms with Crippen LogP contribution in [0.1, 0.15) is 25.3 Å². The van der Waals surface area contributed by atoms with Gasteiger partial charge in [-0.25, -0.2) is 4.79 Å². The standard InChI is InChI=1S/C17H28N3O6S/c1-14(8-9-15-6-4-3-5-7-15)19(22)11-12-25-16(21)17(18,10-13-27-2)26-20(23)24/h3-7,14,22-23H,8-13,18H2,1-2H3/q-1. The van der Waals surface area contributed by atoms with Crippen molar-refractivity contribution in [2.24, 2.45) is 5.73 Å². The molecule has 0 aromatic heterocycles. The molecule has 0 fully saturated rings. The Kier molecular flexibility index (Phi) is 10.8. The molecule has 0 saturated heterocycles. The van der Waals surface area contributed by atoms with Gasteiger partial charge in [-0.2, -0.15) is 16.8 Å². The monoisotopic (exact) mass is 402 g/mol. The number of esters is 1. The van der Waals surface area contributed by atoms with Crippen molar-refractivity contribution in [2.45, 2.75) is 38.0 Å². The molecule has 1 aromatic carbocycles. The number of hydrogen-bond acceptors (Lipinski definition) is 10. The summed E-state index contributed by atoms with van der Waals surface area (Å²) in [4.78, 5) is 16.6. The third kappa shape index (κ3) is 9.00. The van der Waals surface area contributed by atoms with Gasteiger partial charge in [0.2, 0.25) is 5.72 Å². The SMILES string of the molecule is CSCCC(N)(ON([O-])O)C(=O)OCCN(O)C(C)CCc1ccccc1. The Hall–Kier alpha value is -1.24. The van der Waals surface area contributed by atoms with Crippen molar-refractivity contribution in [3.63, 3.8) is 0 Å². The number of rotatable bonds is 13. The fraction of sp³-hybridized carbons (Fsp3) is 0.588. The summed E-state index contributed by atoms with van der Waals surface area (Å²) >= 11 is 1.39. The molecule has 0 radical (unpaired) electrons. The maximum atomic E-state index is 12.1. The molecule has 154 valence electrons. The minimum atomic E-state index is -2.08. The lowest BCUT2D eigenvalue weighted by Gasteiger charge is -2.32. The molecule has 2 atom stereocenters. The lowest BCUT2D eigenvalue weighted by molar-refractivity contribution is -0.352. The van der Waals surface area contributed by atoms with Gasteiger partial charge in [-0.1, -0.05) is 30.3 Å². The molecular formula is C17H28N3O6S-. The first-order valence-corrected chi connectivity index (χ1v) is 9.97. The van der Waals surface area contributed by atoms with Gasteiger partial charge in [0, 0.05) is 12.5 Å². The van der Waals surface area contributed by atoms with Gasteiger partial charge < -0.3 is 20.4 Å². The van der Waals surface area contributed by atoms with Crippen molar-refractivity contribution in [3.05, 3.63) is 41.1 Å². The number of aryl methyl sites for hydroxylation is 1. The first-order valence-electron chi connectivity index (χ1n) is 8.58. The van der Waals surface area contributed by atoms with Crippen LogP contribution in [0.3, 0.4) is 0 Å². The van der Waals surface area contributed by atoms with Crippen LogP contribution in [0.2, 0.25) is 0 Å². The second-order valence-corrected chi connectivity index (χ2v) is 7.12. The first-order chi connectivity index (χ1) is 12.8. The summed E-state index contributed by atoms with van der Waals surface area (Å²) in [5, 5.41) is 29.7. The van der Waals surface area contributed by atoms with Crippen LogP contribution >= 0.6 is 11.8 Å². The molecule has 0 bridgehead atoms. The largest absolute Gasteiger partial charge is 0.738 e. The Morgan fingerprint density at radius 3 is 2.63 bits per heavy atom. The van der Waals surface area contributed by atoms with E-state index in [4.69, 9.17) is 15.7 Å². The topological polar surface area (TPSA) is 132 Å². The average Bonchev–Trinajstić information content (AvgIpc) is 2.64. The zero-order chi connectivity index (χ0) is 20.3. The van der Waals surface area contributed by atoms with E-state index in [1.165, 1.54) is 17.3 Å². The Labute approximate surface area is 163 Å². The highest BCUT2D eigenvalue weighted by Gasteiger charge is 2.38. The van der Waals surface area contributed by atoms with Gasteiger partial charge >= 0.3 is 5.97 Å². The number of thioether (sulfide) groups is 1. The van der Waals surface area contributed by atoms with Gasteiger partial charge in [-0.05, 0) is 37.3 Å². The van der Waals surface area contributed by atoms with E-state index in [1.54, 1.807) is 6.26 Å². The van der Waals surface area contributed by atoms with Crippen LogP contribution in [0.15, 0.2) is 30.3 Å². The maximum Gasteiger partial charge on any atom is 0.355 e. The quantitative estimate of drug-likeness (QED) is 0.255. The third-order valence-electron chi connectivity index (χ3n) is 4.02. The minimum absolute atomic E-state index is 0.0252. The van der Waals surface area contributed by atoms with E-state index in [2.05, 4.69) is 4.84 Å². The summed E-state index contributed by atoms with van der Waals surface area (Å²) < 4.78 is 5.01. The summed E-state index contributed by atoms with van der Waals surface area (Å²) in [7, 11) is 0. The molecule has 0 heterocycles. The summed E-state index contributed by atoms with van der Waals surface area (Å²) in [6, 6.07) is 9.77. The molecule has 0 aliphatic rings. The Balaban J connectivity index is 2.40. The normalized spacial score (nSPS) is 15.0. The second kappa shape index (κ2) is 12.3. The average molecular weight is 402 g/mol. The number of nitrogens with zero attached hydrogens (tertiary/aromatic N) is 2. The highest BCUT2D eigenvalue weighted by Crippen LogP contribution is 2.16. The van der Waals surface area contributed by atoms with Crippen LogP contribution in [0, 0.1) is 5.21 Å². The van der Waals surface area contributed by atoms with Gasteiger partial charge in [0.1, 0.15) is 6.61 Å². The molecule has 1 aromatic rings. The number of carbonyl (C=O) groups is 1. The van der Waals surface area contributed by atoms with Crippen molar-refractivity contribution in [3.8, 4) is 0 Å². The lowest BCUT2D eigenvalue weighted by Crippen LogP contribution is -2.54. The molecule has 2 unspecified atom stereocenters. The molecule has 10 heteroatoms. The number of hydrogen-bond donors (Lipinski definition) is 3. The van der Waals surface area contributed by atoms with E-state index in [0.717, 1.165) is 17.9 Å². The van der Waals surface area contributed by atoms with Crippen molar-refractivity contribution < 1.29 is 24.8 Å². The fourth-order valence-corrected chi connectivity index (χ4v) is 2.83. The number of nitrogens with two attached hydrogens (primary N) is 1. The Bertz CT molecular complexity index is 551. The predicted octanol–water partition coefficient (Wildman–Crippen LogP) is 1.77. The van der Waals surface area contributed by atoms with E-state index in [-0.39, 0.29) is 25.6 Å². The van der Waals surface area contributed by atoms with Crippen molar-refractivity contribution in [2.75, 3.05) is 25.2 Å². The predicted molar refractivity (Wildman–Crippen MR) is 102 cm³/mol. The molecule has 0 aliphatic heterocycles. The summed E-state index contributed by atoms with van der Waals surface area (Å²) in [5.74, 6) is -0.570. The Morgan fingerprint density at radius 2 is 2.04 bits per heavy atom. The van der Waals surface area contributed by atoms with Gasteiger partial charge in [0.15, 0.2) is 0 Å². The van der Waals surface area contributed by atoms with E-state index in [9.17, 15) is 15.2 Å². The molecule has 1 rings (SSSR count). The first kappa shape index (κ1) is 23.8. The van der Waals surface area contributed by atoms with E-state index in [1.807, 2.05) is 37.3 Å². The van der Waals surface area contributed by atoms with Crippen LogP contribution in [0.4, 0.5) is 0 Å². The summed E-state index contributed by atoms with van der Waals surface area (Å²) in [5.41, 5.74) is 4.82. The van der Waals surface area contributed by atoms with Crippen LogP contribution in [-0.2, 0) is 20.8 Å². The molecule has 4 N–H and O–H groups in total. The third-order valence-corrected chi connectivity index (χ3v) is 4.63. The van der Waals surface area contributed by atoms with Crippen molar-refractivity contribution >= 4 is 17.7 Å². The molecule has 9 nitrogen and oxygen atoms in total. The molecule has 0 spiro atoms. The Morgan fingerprint density at radius 1 is 1.37 bits per heavy atom. The van der Waals surface area contributed by atoms with E-state index in [0.29, 0.717) is 5.75 Å². The molecular weight excluding hydrogens is 374 g/mol. The minimum Gasteiger partial charge on any atom is -0.738 e. The second-order valence-electron chi connectivity index (χ2n) is 6.13. The molecule has 0 aliphatic carbocycles. The van der Waals surface area contributed by atoms with Crippen LogP contribution in [0.25, 0.3) is 0 Å². The van der Waals surface area contributed by atoms with Crippen molar-refractivity contribution in [1.29, 1.82) is 0 Å². The summed E-state index contributed by atoms with van der Waals surface area (Å²) in [6.07, 6.45) is 3.30. The van der Waals surface area contributed by atoms with E-state index >= 15 is 0 Å². The van der Waals surface area contributed by atoms with Gasteiger partial charge in [0.05, 0.1) is 6.54 Å². The molecule has 0 amide bonds. The van der Waals surface area contributed by atoms with Gasteiger partial charge in [-0.3, -0.25) is 10.6 Å². The number of carbonyl (C=O) groups excluding carboxylic acids is 1. The zero-order valence-electron chi connectivity index (χ0n) is 15.6. The molecule has 0 saturated carbocycles.